The highest BCUT2D eigenvalue weighted by Crippen LogP contribution is 2.15. The Bertz CT molecular complexity index is 1780. The summed E-state index contributed by atoms with van der Waals surface area (Å²) in [5.41, 5.74) is 0. The van der Waals surface area contributed by atoms with Crippen LogP contribution in [0.3, 0.4) is 0 Å². The molecule has 0 aliphatic carbocycles. The van der Waals surface area contributed by atoms with Crippen molar-refractivity contribution >= 4 is 17.9 Å². The minimum Gasteiger partial charge on any atom is -0.462 e. The van der Waals surface area contributed by atoms with E-state index in [1.165, 1.54) is 96.3 Å². The number of hydrogen-bond acceptors (Lipinski definition) is 6. The standard InChI is InChI=1S/C76H124O6/c1-4-7-10-13-16-19-22-25-28-31-32-33-34-35-36-37-38-39-40-41-42-43-44-46-48-51-54-57-60-63-66-69-75(78)81-72-73(71-80-74(77)68-65-62-59-56-53-50-47-30-27-24-21-18-15-12-9-6-3)82-76(79)70-67-64-61-58-55-52-49-45-29-26-23-20-17-14-11-8-5-2/h7-8,10-11,16-17,19-20,25-26,28-30,32-33,35-36,38-39,41-42,47,49,52,73H,4-6,9,12-15,18,21-24,27,31,34,37,40,43-46,48,50-51,53-72H2,1-3H3/b10-7-,11-8-,19-16-,20-17-,28-25-,29-26-,33-32-,36-35-,39-38-,42-41-,47-30-,52-49-. The molecule has 0 N–H and O–H groups in total. The minimum atomic E-state index is -0.804. The minimum absolute atomic E-state index is 0.0975. The van der Waals surface area contributed by atoms with E-state index in [0.29, 0.717) is 19.3 Å². The summed E-state index contributed by atoms with van der Waals surface area (Å²) < 4.78 is 16.9. The monoisotopic (exact) mass is 1130 g/mol. The van der Waals surface area contributed by atoms with E-state index in [4.69, 9.17) is 14.2 Å². The van der Waals surface area contributed by atoms with Gasteiger partial charge in [0.05, 0.1) is 0 Å². The van der Waals surface area contributed by atoms with Crippen LogP contribution in [0.1, 0.15) is 297 Å². The Morgan fingerprint density at radius 1 is 0.256 bits per heavy atom. The summed E-state index contributed by atoms with van der Waals surface area (Å²) in [5.74, 6) is -0.932. The Hall–Kier alpha value is -4.71. The largest absolute Gasteiger partial charge is 0.462 e. The summed E-state index contributed by atoms with van der Waals surface area (Å²) in [4.78, 5) is 38.4. The highest BCUT2D eigenvalue weighted by atomic mass is 16.6. The van der Waals surface area contributed by atoms with Crippen LogP contribution in [0, 0.1) is 0 Å². The molecular weight excluding hydrogens is 1010 g/mol. The Labute approximate surface area is 506 Å². The Morgan fingerprint density at radius 3 is 0.756 bits per heavy atom. The summed E-state index contributed by atoms with van der Waals surface area (Å²) >= 11 is 0. The number of ether oxygens (including phenoxy) is 3. The molecule has 0 rings (SSSR count). The molecule has 0 amide bonds. The van der Waals surface area contributed by atoms with Crippen LogP contribution in [0.25, 0.3) is 0 Å². The fraction of sp³-hybridized carbons (Fsp3) is 0.645. The average molecular weight is 1130 g/mol. The van der Waals surface area contributed by atoms with E-state index in [9.17, 15) is 14.4 Å². The summed E-state index contributed by atoms with van der Waals surface area (Å²) in [7, 11) is 0. The summed E-state index contributed by atoms with van der Waals surface area (Å²) in [6.45, 7) is 6.39. The molecule has 0 spiro atoms. The van der Waals surface area contributed by atoms with Crippen molar-refractivity contribution in [2.75, 3.05) is 13.2 Å². The van der Waals surface area contributed by atoms with Gasteiger partial charge in [0, 0.05) is 19.3 Å². The number of carbonyl (C=O) groups excluding carboxylic acids is 3. The van der Waals surface area contributed by atoms with Crippen molar-refractivity contribution < 1.29 is 28.6 Å². The zero-order chi connectivity index (χ0) is 59.2. The van der Waals surface area contributed by atoms with Gasteiger partial charge in [0.25, 0.3) is 0 Å². The Morgan fingerprint density at radius 2 is 0.476 bits per heavy atom. The lowest BCUT2D eigenvalue weighted by Crippen LogP contribution is -2.30. The van der Waals surface area contributed by atoms with Gasteiger partial charge in [-0.2, -0.15) is 0 Å². The fourth-order valence-corrected chi connectivity index (χ4v) is 9.06. The Kier molecular flexibility index (Phi) is 64.8. The van der Waals surface area contributed by atoms with Gasteiger partial charge in [-0.3, -0.25) is 14.4 Å². The number of esters is 3. The SMILES string of the molecule is CC/C=C\C/C=C\C/C=C\C/C=C\C/C=C\C/C=C\C/C=C\CCCCCCCCCCCC(=O)OCC(COC(=O)CCCCCCC/C=C\CCCCCCCCC)OC(=O)CCCCCC/C=C\C/C=C\C/C=C\C/C=C\CC. The average Bonchev–Trinajstić information content (AvgIpc) is 3.48. The third kappa shape index (κ3) is 66.1. The molecule has 0 saturated heterocycles. The molecule has 0 fully saturated rings. The van der Waals surface area contributed by atoms with E-state index in [1.54, 1.807) is 0 Å². The second kappa shape index (κ2) is 68.8. The van der Waals surface area contributed by atoms with Crippen molar-refractivity contribution in [2.45, 2.75) is 303 Å². The van der Waals surface area contributed by atoms with Gasteiger partial charge in [0.2, 0.25) is 0 Å². The molecule has 6 nitrogen and oxygen atoms in total. The van der Waals surface area contributed by atoms with Gasteiger partial charge < -0.3 is 14.2 Å². The molecule has 1 unspecified atom stereocenters. The topological polar surface area (TPSA) is 78.9 Å². The summed E-state index contributed by atoms with van der Waals surface area (Å²) in [6, 6.07) is 0. The van der Waals surface area contributed by atoms with E-state index >= 15 is 0 Å². The molecule has 0 aliphatic heterocycles. The van der Waals surface area contributed by atoms with Gasteiger partial charge >= 0.3 is 17.9 Å². The molecule has 1 atom stereocenters. The van der Waals surface area contributed by atoms with Crippen LogP contribution < -0.4 is 0 Å². The van der Waals surface area contributed by atoms with Crippen LogP contribution >= 0.6 is 0 Å². The maximum absolute atomic E-state index is 12.9. The Balaban J connectivity index is 4.37. The second-order valence-electron chi connectivity index (χ2n) is 22.0. The number of allylic oxidation sites excluding steroid dienone is 24. The molecule has 464 valence electrons. The third-order valence-corrected chi connectivity index (χ3v) is 14.1. The number of rotatable bonds is 60. The normalized spacial score (nSPS) is 13.1. The van der Waals surface area contributed by atoms with Crippen molar-refractivity contribution in [3.8, 4) is 0 Å². The van der Waals surface area contributed by atoms with Gasteiger partial charge in [-0.1, -0.05) is 282 Å². The van der Waals surface area contributed by atoms with Gasteiger partial charge in [0.1, 0.15) is 13.2 Å². The molecule has 0 aliphatic rings. The van der Waals surface area contributed by atoms with E-state index in [1.807, 2.05) is 0 Å². The van der Waals surface area contributed by atoms with Crippen LogP contribution in [-0.4, -0.2) is 37.2 Å². The fourth-order valence-electron chi connectivity index (χ4n) is 9.06. The van der Waals surface area contributed by atoms with Crippen LogP contribution in [0.15, 0.2) is 146 Å². The van der Waals surface area contributed by atoms with E-state index < -0.39 is 6.10 Å². The first-order valence-electron chi connectivity index (χ1n) is 33.8. The summed E-state index contributed by atoms with van der Waals surface area (Å²) in [6.07, 6.45) is 98.6. The van der Waals surface area contributed by atoms with Crippen molar-refractivity contribution in [1.29, 1.82) is 0 Å². The number of hydrogen-bond donors (Lipinski definition) is 0. The van der Waals surface area contributed by atoms with E-state index in [2.05, 4.69) is 167 Å². The lowest BCUT2D eigenvalue weighted by Gasteiger charge is -2.18. The first-order valence-corrected chi connectivity index (χ1v) is 33.8. The van der Waals surface area contributed by atoms with Gasteiger partial charge in [-0.25, -0.2) is 0 Å². The quantitative estimate of drug-likeness (QED) is 0.0261. The first kappa shape index (κ1) is 77.3. The van der Waals surface area contributed by atoms with Crippen LogP contribution in [0.5, 0.6) is 0 Å². The molecule has 0 bridgehead atoms. The molecule has 0 radical (unpaired) electrons. The zero-order valence-corrected chi connectivity index (χ0v) is 53.2. The predicted octanol–water partition coefficient (Wildman–Crippen LogP) is 23.5. The third-order valence-electron chi connectivity index (χ3n) is 14.1. The molecule has 0 saturated carbocycles. The molecule has 82 heavy (non-hydrogen) atoms. The maximum atomic E-state index is 12.9. The molecule has 0 heterocycles. The molecular formula is C76H124O6. The lowest BCUT2D eigenvalue weighted by molar-refractivity contribution is -0.167. The molecule has 0 aromatic carbocycles. The highest BCUT2D eigenvalue weighted by molar-refractivity contribution is 5.71. The smallest absolute Gasteiger partial charge is 0.306 e. The summed E-state index contributed by atoms with van der Waals surface area (Å²) in [5, 5.41) is 0. The van der Waals surface area contributed by atoms with E-state index in [0.717, 1.165) is 161 Å². The molecule has 6 heteroatoms. The highest BCUT2D eigenvalue weighted by Gasteiger charge is 2.19. The zero-order valence-electron chi connectivity index (χ0n) is 53.2. The lowest BCUT2D eigenvalue weighted by atomic mass is 10.1. The molecule has 0 aromatic rings. The van der Waals surface area contributed by atoms with Crippen molar-refractivity contribution in [2.24, 2.45) is 0 Å². The first-order chi connectivity index (χ1) is 40.5. The predicted molar refractivity (Wildman–Crippen MR) is 357 cm³/mol. The van der Waals surface area contributed by atoms with Crippen molar-refractivity contribution in [1.82, 2.24) is 0 Å². The van der Waals surface area contributed by atoms with Crippen molar-refractivity contribution in [3.63, 3.8) is 0 Å². The van der Waals surface area contributed by atoms with Crippen LogP contribution in [0.2, 0.25) is 0 Å². The van der Waals surface area contributed by atoms with E-state index in [-0.39, 0.29) is 31.1 Å². The van der Waals surface area contributed by atoms with Gasteiger partial charge in [-0.15, -0.1) is 0 Å². The van der Waals surface area contributed by atoms with Gasteiger partial charge in [-0.05, 0) is 141 Å². The second-order valence-corrected chi connectivity index (χ2v) is 22.0. The molecule has 0 aromatic heterocycles. The maximum Gasteiger partial charge on any atom is 0.306 e. The van der Waals surface area contributed by atoms with Crippen LogP contribution in [0.4, 0.5) is 0 Å². The number of carbonyl (C=O) groups is 3. The van der Waals surface area contributed by atoms with Crippen molar-refractivity contribution in [3.05, 3.63) is 146 Å². The van der Waals surface area contributed by atoms with Crippen LogP contribution in [-0.2, 0) is 28.6 Å². The number of unbranched alkanes of at least 4 members (excludes halogenated alkanes) is 25. The van der Waals surface area contributed by atoms with Gasteiger partial charge in [0.15, 0.2) is 6.10 Å².